The third-order valence-electron chi connectivity index (χ3n) is 2.64. The molecule has 0 aliphatic carbocycles. The lowest BCUT2D eigenvalue weighted by Gasteiger charge is -2.12. The van der Waals surface area contributed by atoms with Gasteiger partial charge in [0, 0.05) is 13.8 Å². The Morgan fingerprint density at radius 1 is 1.33 bits per heavy atom. The number of benzene rings is 1. The van der Waals surface area contributed by atoms with Gasteiger partial charge in [0.1, 0.15) is 11.4 Å². The number of amides is 2. The second-order valence-corrected chi connectivity index (χ2v) is 4.70. The largest absolute Gasteiger partial charge is 0.427 e. The molecule has 0 atom stereocenters. The number of rotatable bonds is 2. The first-order valence-corrected chi connectivity index (χ1v) is 6.45. The summed E-state index contributed by atoms with van der Waals surface area (Å²) in [6.45, 7) is 2.61. The van der Waals surface area contributed by atoms with Crippen LogP contribution in [0, 0.1) is 0 Å². The van der Waals surface area contributed by atoms with Gasteiger partial charge in [-0.2, -0.15) is 0 Å². The number of thiocarbonyl (C=S) groups is 1. The molecule has 0 bridgehead atoms. The van der Waals surface area contributed by atoms with Crippen molar-refractivity contribution < 1.29 is 19.1 Å². The normalized spacial score (nSPS) is 16.1. The summed E-state index contributed by atoms with van der Waals surface area (Å²) in [6, 6.07) is 6.59. The molecule has 1 N–H and O–H groups in total. The van der Waals surface area contributed by atoms with Crippen LogP contribution in [0.25, 0.3) is 6.08 Å². The van der Waals surface area contributed by atoms with E-state index in [0.717, 1.165) is 4.90 Å². The maximum absolute atomic E-state index is 11.8. The molecule has 2 amide bonds. The number of ether oxygens (including phenoxy) is 1. The third-order valence-corrected chi connectivity index (χ3v) is 2.92. The minimum Gasteiger partial charge on any atom is -0.427 e. The summed E-state index contributed by atoms with van der Waals surface area (Å²) in [5, 5.41) is 2.46. The van der Waals surface area contributed by atoms with Crippen LogP contribution in [0.5, 0.6) is 5.75 Å². The van der Waals surface area contributed by atoms with Gasteiger partial charge in [0.2, 0.25) is 5.91 Å². The average Bonchev–Trinajstić information content (AvgIpc) is 2.63. The lowest BCUT2D eigenvalue weighted by atomic mass is 10.1. The van der Waals surface area contributed by atoms with Gasteiger partial charge in [-0.15, -0.1) is 0 Å². The highest BCUT2D eigenvalue weighted by Gasteiger charge is 2.32. The van der Waals surface area contributed by atoms with Crippen molar-refractivity contribution in [3.8, 4) is 5.75 Å². The molecule has 21 heavy (non-hydrogen) atoms. The second kappa shape index (κ2) is 5.84. The Bertz CT molecular complexity index is 681. The molecule has 1 aliphatic rings. The maximum atomic E-state index is 11.8. The van der Waals surface area contributed by atoms with E-state index in [0.29, 0.717) is 11.3 Å². The van der Waals surface area contributed by atoms with Crippen LogP contribution in [0.1, 0.15) is 19.4 Å². The Balaban J connectivity index is 2.38. The van der Waals surface area contributed by atoms with Gasteiger partial charge in [-0.1, -0.05) is 12.1 Å². The number of nitrogens with one attached hydrogen (secondary N) is 1. The summed E-state index contributed by atoms with van der Waals surface area (Å²) >= 11 is 4.93. The number of carbonyl (C=O) groups is 3. The molecule has 0 spiro atoms. The van der Waals surface area contributed by atoms with Crippen molar-refractivity contribution in [2.24, 2.45) is 0 Å². The summed E-state index contributed by atoms with van der Waals surface area (Å²) in [6.07, 6.45) is 1.50. The molecular weight excluding hydrogens is 292 g/mol. The van der Waals surface area contributed by atoms with Crippen LogP contribution in [0.4, 0.5) is 0 Å². The third kappa shape index (κ3) is 3.32. The zero-order chi connectivity index (χ0) is 15.6. The SMILES string of the molecule is CC(=O)Oc1cccc(C=C2C(=O)NC(=S)N2C(C)=O)c1. The Kier molecular flexibility index (Phi) is 4.13. The van der Waals surface area contributed by atoms with Crippen LogP contribution >= 0.6 is 12.2 Å². The highest BCUT2D eigenvalue weighted by molar-refractivity contribution is 7.80. The monoisotopic (exact) mass is 304 g/mol. The van der Waals surface area contributed by atoms with Gasteiger partial charge < -0.3 is 4.74 Å². The first-order chi connectivity index (χ1) is 9.88. The van der Waals surface area contributed by atoms with Crippen molar-refractivity contribution in [2.45, 2.75) is 13.8 Å². The van der Waals surface area contributed by atoms with Crippen molar-refractivity contribution in [1.82, 2.24) is 10.2 Å². The molecule has 1 fully saturated rings. The first kappa shape index (κ1) is 14.9. The number of hydrogen-bond donors (Lipinski definition) is 1. The van der Waals surface area contributed by atoms with Crippen LogP contribution in [-0.4, -0.2) is 27.8 Å². The summed E-state index contributed by atoms with van der Waals surface area (Å²) in [5.41, 5.74) is 0.738. The van der Waals surface area contributed by atoms with Gasteiger partial charge in [-0.25, -0.2) is 0 Å². The van der Waals surface area contributed by atoms with Gasteiger partial charge in [0.15, 0.2) is 5.11 Å². The number of carbonyl (C=O) groups excluding carboxylic acids is 3. The zero-order valence-corrected chi connectivity index (χ0v) is 12.2. The van der Waals surface area contributed by atoms with E-state index in [4.69, 9.17) is 17.0 Å². The molecule has 1 heterocycles. The predicted molar refractivity (Wildman–Crippen MR) is 79.0 cm³/mol. The molecule has 7 heteroatoms. The van der Waals surface area contributed by atoms with Crippen LogP contribution in [0.2, 0.25) is 0 Å². The standard InChI is InChI=1S/C14H12N2O4S/c1-8(17)16-12(13(19)15-14(16)21)7-10-4-3-5-11(6-10)20-9(2)18/h3-7H,1-2H3,(H,15,19,21). The van der Waals surface area contributed by atoms with Gasteiger partial charge in [-0.3, -0.25) is 24.6 Å². The molecule has 1 saturated heterocycles. The van der Waals surface area contributed by atoms with Crippen LogP contribution in [0.15, 0.2) is 30.0 Å². The van der Waals surface area contributed by atoms with Crippen molar-refractivity contribution in [3.05, 3.63) is 35.5 Å². The number of hydrogen-bond acceptors (Lipinski definition) is 5. The van der Waals surface area contributed by atoms with Gasteiger partial charge in [0.25, 0.3) is 5.91 Å². The highest BCUT2D eigenvalue weighted by atomic mass is 32.1. The second-order valence-electron chi connectivity index (χ2n) is 4.31. The Morgan fingerprint density at radius 3 is 2.67 bits per heavy atom. The van der Waals surface area contributed by atoms with Crippen LogP contribution in [0.3, 0.4) is 0 Å². The Labute approximate surface area is 126 Å². The fourth-order valence-electron chi connectivity index (χ4n) is 1.86. The molecule has 2 rings (SSSR count). The molecule has 0 radical (unpaired) electrons. The van der Waals surface area contributed by atoms with Crippen LogP contribution in [-0.2, 0) is 14.4 Å². The number of esters is 1. The van der Waals surface area contributed by atoms with E-state index in [9.17, 15) is 14.4 Å². The van der Waals surface area contributed by atoms with E-state index in [1.54, 1.807) is 24.3 Å². The minimum absolute atomic E-state index is 0.0508. The predicted octanol–water partition coefficient (Wildman–Crippen LogP) is 1.22. The Hall–Kier alpha value is -2.54. The summed E-state index contributed by atoms with van der Waals surface area (Å²) in [4.78, 5) is 35.4. The Morgan fingerprint density at radius 2 is 2.05 bits per heavy atom. The number of nitrogens with zero attached hydrogens (tertiary/aromatic N) is 1. The zero-order valence-electron chi connectivity index (χ0n) is 11.4. The molecule has 1 aromatic rings. The van der Waals surface area contributed by atoms with E-state index in [-0.39, 0.29) is 16.7 Å². The van der Waals surface area contributed by atoms with Gasteiger partial charge in [-0.05, 0) is 36.0 Å². The molecule has 0 aromatic heterocycles. The highest BCUT2D eigenvalue weighted by Crippen LogP contribution is 2.20. The van der Waals surface area contributed by atoms with E-state index >= 15 is 0 Å². The van der Waals surface area contributed by atoms with Crippen molar-refractivity contribution >= 4 is 41.2 Å². The minimum atomic E-state index is -0.451. The molecule has 6 nitrogen and oxygen atoms in total. The van der Waals surface area contributed by atoms with Crippen molar-refractivity contribution in [2.75, 3.05) is 0 Å². The van der Waals surface area contributed by atoms with E-state index < -0.39 is 11.9 Å². The first-order valence-electron chi connectivity index (χ1n) is 6.04. The van der Waals surface area contributed by atoms with Gasteiger partial charge >= 0.3 is 5.97 Å². The molecule has 108 valence electrons. The summed E-state index contributed by atoms with van der Waals surface area (Å²) in [5.74, 6) is -0.897. The van der Waals surface area contributed by atoms with E-state index in [1.165, 1.54) is 19.9 Å². The molecule has 0 saturated carbocycles. The van der Waals surface area contributed by atoms with E-state index in [2.05, 4.69) is 5.32 Å². The smallest absolute Gasteiger partial charge is 0.308 e. The molecule has 1 aliphatic heterocycles. The topological polar surface area (TPSA) is 75.7 Å². The lowest BCUT2D eigenvalue weighted by molar-refractivity contribution is -0.132. The molecular formula is C14H12N2O4S. The molecule has 1 aromatic carbocycles. The van der Waals surface area contributed by atoms with Gasteiger partial charge in [0.05, 0.1) is 0 Å². The quantitative estimate of drug-likeness (QED) is 0.385. The lowest BCUT2D eigenvalue weighted by Crippen LogP contribution is -2.31. The van der Waals surface area contributed by atoms with Crippen molar-refractivity contribution in [1.29, 1.82) is 0 Å². The van der Waals surface area contributed by atoms with Crippen LogP contribution < -0.4 is 10.1 Å². The average molecular weight is 304 g/mol. The maximum Gasteiger partial charge on any atom is 0.308 e. The summed E-state index contributed by atoms with van der Waals surface area (Å²) < 4.78 is 4.97. The summed E-state index contributed by atoms with van der Waals surface area (Å²) in [7, 11) is 0. The van der Waals surface area contributed by atoms with Crippen molar-refractivity contribution in [3.63, 3.8) is 0 Å². The fraction of sp³-hybridized carbons (Fsp3) is 0.143. The molecule has 0 unspecified atom stereocenters. The fourth-order valence-corrected chi connectivity index (χ4v) is 2.18. The van der Waals surface area contributed by atoms with E-state index in [1.807, 2.05) is 0 Å².